The van der Waals surface area contributed by atoms with Gasteiger partial charge in [-0.1, -0.05) is 56.7 Å². The molecule has 3 nitrogen and oxygen atoms in total. The maximum absolute atomic E-state index is 13.1. The van der Waals surface area contributed by atoms with E-state index in [4.69, 9.17) is 0 Å². The van der Waals surface area contributed by atoms with Gasteiger partial charge in [0.05, 0.1) is 0 Å². The second-order valence-corrected chi connectivity index (χ2v) is 7.51. The molecule has 0 bridgehead atoms. The molecule has 1 amide bonds. The Labute approximate surface area is 146 Å². The third kappa shape index (κ3) is 4.31. The molecule has 0 spiro atoms. The number of carbonyl (C=O) groups excluding carboxylic acids is 1. The maximum Gasteiger partial charge on any atom is 0.223 e. The Hall–Kier alpha value is -1.51. The van der Waals surface area contributed by atoms with Crippen LogP contribution in [-0.2, 0) is 11.2 Å². The van der Waals surface area contributed by atoms with Crippen LogP contribution < -0.4 is 0 Å². The Morgan fingerprint density at radius 1 is 0.917 bits per heavy atom. The van der Waals surface area contributed by atoms with Crippen molar-refractivity contribution < 1.29 is 9.90 Å². The molecule has 1 aromatic carbocycles. The fourth-order valence-electron chi connectivity index (χ4n) is 4.52. The summed E-state index contributed by atoms with van der Waals surface area (Å²) in [7, 11) is 0. The Balaban J connectivity index is 1.66. The molecule has 0 aromatic heterocycles. The van der Waals surface area contributed by atoms with E-state index < -0.39 is 0 Å². The summed E-state index contributed by atoms with van der Waals surface area (Å²) in [5.41, 5.74) is 0.887. The molecule has 3 heteroatoms. The minimum Gasteiger partial charge on any atom is -0.508 e. The van der Waals surface area contributed by atoms with Crippen LogP contribution in [0.1, 0.15) is 76.2 Å². The smallest absolute Gasteiger partial charge is 0.223 e. The Kier molecular flexibility index (Phi) is 6.17. The SMILES string of the molecule is O=C(CCc1ccccc1O)N(C1CCCCC1)C1CCCCC1. The number of carbonyl (C=O) groups is 1. The molecule has 1 aromatic rings. The first kappa shape index (κ1) is 17.3. The highest BCUT2D eigenvalue weighted by Crippen LogP contribution is 2.31. The van der Waals surface area contributed by atoms with Crippen LogP contribution in [-0.4, -0.2) is 28.0 Å². The number of nitrogens with zero attached hydrogens (tertiary/aromatic N) is 1. The summed E-state index contributed by atoms with van der Waals surface area (Å²) in [6, 6.07) is 8.31. The van der Waals surface area contributed by atoms with E-state index in [0.717, 1.165) is 5.56 Å². The lowest BCUT2D eigenvalue weighted by molar-refractivity contribution is -0.138. The molecule has 0 radical (unpaired) electrons. The predicted octanol–water partition coefficient (Wildman–Crippen LogP) is 4.82. The molecule has 2 aliphatic carbocycles. The lowest BCUT2D eigenvalue weighted by Crippen LogP contribution is -2.48. The monoisotopic (exact) mass is 329 g/mol. The van der Waals surface area contributed by atoms with Crippen molar-refractivity contribution in [2.24, 2.45) is 0 Å². The first-order valence-corrected chi connectivity index (χ1v) is 9.84. The van der Waals surface area contributed by atoms with Gasteiger partial charge in [0.25, 0.3) is 0 Å². The van der Waals surface area contributed by atoms with E-state index in [1.54, 1.807) is 6.07 Å². The number of amides is 1. The van der Waals surface area contributed by atoms with Gasteiger partial charge in [-0.2, -0.15) is 0 Å². The van der Waals surface area contributed by atoms with Crippen molar-refractivity contribution in [3.05, 3.63) is 29.8 Å². The zero-order valence-electron chi connectivity index (χ0n) is 14.8. The first-order valence-electron chi connectivity index (χ1n) is 9.84. The van der Waals surface area contributed by atoms with E-state index in [9.17, 15) is 9.90 Å². The maximum atomic E-state index is 13.1. The Morgan fingerprint density at radius 3 is 2.00 bits per heavy atom. The zero-order chi connectivity index (χ0) is 16.8. The number of rotatable bonds is 5. The number of aromatic hydroxyl groups is 1. The van der Waals surface area contributed by atoms with Crippen LogP contribution in [0.25, 0.3) is 0 Å². The van der Waals surface area contributed by atoms with Crippen LogP contribution in [0.2, 0.25) is 0 Å². The van der Waals surface area contributed by atoms with Crippen molar-refractivity contribution in [2.45, 2.75) is 89.1 Å². The molecule has 2 saturated carbocycles. The number of aryl methyl sites for hydroxylation is 1. The van der Waals surface area contributed by atoms with Crippen LogP contribution in [0.15, 0.2) is 24.3 Å². The zero-order valence-corrected chi connectivity index (χ0v) is 14.8. The van der Waals surface area contributed by atoms with E-state index in [2.05, 4.69) is 4.90 Å². The normalized spacial score (nSPS) is 20.0. The Bertz CT molecular complexity index is 512. The standard InChI is InChI=1S/C21H31NO2/c23-20-14-8-7-9-17(20)15-16-21(24)22(18-10-3-1-4-11-18)19-12-5-2-6-13-19/h7-9,14,18-19,23H,1-6,10-13,15-16H2. The number of para-hydroxylation sites is 1. The van der Waals surface area contributed by atoms with Crippen molar-refractivity contribution in [3.63, 3.8) is 0 Å². The Morgan fingerprint density at radius 2 is 1.46 bits per heavy atom. The van der Waals surface area contributed by atoms with Gasteiger partial charge in [-0.15, -0.1) is 0 Å². The molecule has 1 N–H and O–H groups in total. The second kappa shape index (κ2) is 8.55. The number of benzene rings is 1. The summed E-state index contributed by atoms with van der Waals surface area (Å²) in [6.07, 6.45) is 13.6. The van der Waals surface area contributed by atoms with Gasteiger partial charge in [-0.05, 0) is 43.7 Å². The van der Waals surface area contributed by atoms with Crippen molar-refractivity contribution in [3.8, 4) is 5.75 Å². The quantitative estimate of drug-likeness (QED) is 0.841. The van der Waals surface area contributed by atoms with Gasteiger partial charge in [0.2, 0.25) is 5.91 Å². The van der Waals surface area contributed by atoms with Gasteiger partial charge in [-0.3, -0.25) is 4.79 Å². The van der Waals surface area contributed by atoms with Crippen molar-refractivity contribution in [1.29, 1.82) is 0 Å². The second-order valence-electron chi connectivity index (χ2n) is 7.51. The summed E-state index contributed by atoms with van der Waals surface area (Å²) < 4.78 is 0. The molecule has 0 aliphatic heterocycles. The molecular weight excluding hydrogens is 298 g/mol. The number of phenols is 1. The van der Waals surface area contributed by atoms with Gasteiger partial charge in [0, 0.05) is 18.5 Å². The fourth-order valence-corrected chi connectivity index (χ4v) is 4.52. The average Bonchev–Trinajstić information content (AvgIpc) is 2.63. The fraction of sp³-hybridized carbons (Fsp3) is 0.667. The molecule has 0 heterocycles. The van der Waals surface area contributed by atoms with Crippen LogP contribution in [0.5, 0.6) is 5.75 Å². The topological polar surface area (TPSA) is 40.5 Å². The molecule has 0 saturated heterocycles. The predicted molar refractivity (Wildman–Crippen MR) is 97.0 cm³/mol. The number of hydrogen-bond donors (Lipinski definition) is 1. The van der Waals surface area contributed by atoms with Crippen molar-refractivity contribution in [2.75, 3.05) is 0 Å². The number of hydrogen-bond acceptors (Lipinski definition) is 2. The van der Waals surface area contributed by atoms with E-state index in [-0.39, 0.29) is 0 Å². The number of phenolic OH excluding ortho intramolecular Hbond substituents is 1. The molecule has 2 aliphatic rings. The third-order valence-electron chi connectivity index (χ3n) is 5.82. The van der Waals surface area contributed by atoms with Gasteiger partial charge >= 0.3 is 0 Å². The van der Waals surface area contributed by atoms with E-state index in [0.29, 0.717) is 36.6 Å². The lowest BCUT2D eigenvalue weighted by atomic mass is 9.88. The highest BCUT2D eigenvalue weighted by molar-refractivity contribution is 5.77. The minimum atomic E-state index is 0.303. The van der Waals surface area contributed by atoms with E-state index in [1.165, 1.54) is 64.2 Å². The molecule has 0 unspecified atom stereocenters. The minimum absolute atomic E-state index is 0.303. The van der Waals surface area contributed by atoms with Crippen LogP contribution >= 0.6 is 0 Å². The van der Waals surface area contributed by atoms with Gasteiger partial charge in [0.1, 0.15) is 5.75 Å². The van der Waals surface area contributed by atoms with Crippen molar-refractivity contribution >= 4 is 5.91 Å². The molecule has 24 heavy (non-hydrogen) atoms. The van der Waals surface area contributed by atoms with Crippen LogP contribution in [0.3, 0.4) is 0 Å². The van der Waals surface area contributed by atoms with Gasteiger partial charge in [-0.25, -0.2) is 0 Å². The molecule has 132 valence electrons. The van der Waals surface area contributed by atoms with Gasteiger partial charge < -0.3 is 10.0 Å². The van der Waals surface area contributed by atoms with E-state index >= 15 is 0 Å². The summed E-state index contributed by atoms with van der Waals surface area (Å²) in [5.74, 6) is 0.615. The molecule has 3 rings (SSSR count). The highest BCUT2D eigenvalue weighted by Gasteiger charge is 2.32. The summed E-state index contributed by atoms with van der Waals surface area (Å²) in [6.45, 7) is 0. The molecule has 0 atom stereocenters. The lowest BCUT2D eigenvalue weighted by Gasteiger charge is -2.42. The summed E-state index contributed by atoms with van der Waals surface area (Å²) in [4.78, 5) is 15.3. The van der Waals surface area contributed by atoms with E-state index in [1.807, 2.05) is 18.2 Å². The van der Waals surface area contributed by atoms with Crippen LogP contribution in [0, 0.1) is 0 Å². The largest absolute Gasteiger partial charge is 0.508 e. The third-order valence-corrected chi connectivity index (χ3v) is 5.82. The van der Waals surface area contributed by atoms with Gasteiger partial charge in [0.15, 0.2) is 0 Å². The summed E-state index contributed by atoms with van der Waals surface area (Å²) in [5, 5.41) is 9.93. The average molecular weight is 329 g/mol. The summed E-state index contributed by atoms with van der Waals surface area (Å²) >= 11 is 0. The first-order chi connectivity index (χ1) is 11.8. The van der Waals surface area contributed by atoms with Crippen LogP contribution in [0.4, 0.5) is 0 Å². The molecular formula is C21H31NO2. The highest BCUT2D eigenvalue weighted by atomic mass is 16.3. The molecule has 2 fully saturated rings. The van der Waals surface area contributed by atoms with Crippen molar-refractivity contribution in [1.82, 2.24) is 4.90 Å².